The number of nitrogens with two attached hydrogens (primary N) is 1. The third-order valence-corrected chi connectivity index (χ3v) is 3.10. The van der Waals surface area contributed by atoms with Gasteiger partial charge in [0.05, 0.1) is 6.54 Å². The summed E-state index contributed by atoms with van der Waals surface area (Å²) in [6.07, 6.45) is 3.91. The van der Waals surface area contributed by atoms with E-state index in [4.69, 9.17) is 5.73 Å². The van der Waals surface area contributed by atoms with Crippen molar-refractivity contribution < 1.29 is 4.79 Å². The Balaban J connectivity index is 2.28. The molecule has 6 heteroatoms. The number of carbonyl (C=O) groups is 1. The summed E-state index contributed by atoms with van der Waals surface area (Å²) in [5.41, 5.74) is 5.66. The molecular weight excluding hydrogens is 230 g/mol. The quantitative estimate of drug-likeness (QED) is 0.744. The molecule has 1 rings (SSSR count). The summed E-state index contributed by atoms with van der Waals surface area (Å²) in [7, 11) is 1.85. The zero-order valence-corrected chi connectivity index (χ0v) is 11.4. The minimum absolute atomic E-state index is 0.0445. The van der Waals surface area contributed by atoms with E-state index in [0.717, 1.165) is 18.7 Å². The Morgan fingerprint density at radius 1 is 1.50 bits per heavy atom. The van der Waals surface area contributed by atoms with E-state index in [9.17, 15) is 4.79 Å². The highest BCUT2D eigenvalue weighted by Gasteiger charge is 2.18. The number of nitrogens with one attached hydrogen (secondary N) is 1. The van der Waals surface area contributed by atoms with Crippen LogP contribution in [0.15, 0.2) is 6.33 Å². The zero-order chi connectivity index (χ0) is 13.6. The third kappa shape index (κ3) is 4.83. The van der Waals surface area contributed by atoms with E-state index in [1.165, 1.54) is 0 Å². The molecule has 0 saturated carbocycles. The highest BCUT2D eigenvalue weighted by Crippen LogP contribution is 2.25. The van der Waals surface area contributed by atoms with E-state index < -0.39 is 0 Å². The molecule has 1 amide bonds. The van der Waals surface area contributed by atoms with Crippen molar-refractivity contribution >= 4 is 5.91 Å². The van der Waals surface area contributed by atoms with Gasteiger partial charge in [0.2, 0.25) is 5.91 Å². The summed E-state index contributed by atoms with van der Waals surface area (Å²) in [6.45, 7) is 5.35. The molecule has 3 N–H and O–H groups in total. The average molecular weight is 253 g/mol. The van der Waals surface area contributed by atoms with E-state index in [1.807, 2.05) is 7.05 Å². The van der Waals surface area contributed by atoms with E-state index >= 15 is 0 Å². The third-order valence-electron chi connectivity index (χ3n) is 3.10. The summed E-state index contributed by atoms with van der Waals surface area (Å²) < 4.78 is 1.79. The van der Waals surface area contributed by atoms with Crippen LogP contribution in [0, 0.1) is 5.41 Å². The maximum absolute atomic E-state index is 11.7. The van der Waals surface area contributed by atoms with Crippen LogP contribution in [0.2, 0.25) is 0 Å². The van der Waals surface area contributed by atoms with Crippen molar-refractivity contribution in [3.05, 3.63) is 12.2 Å². The Kier molecular flexibility index (Phi) is 5.27. The predicted octanol–water partition coefficient (Wildman–Crippen LogP) is 0.587. The minimum atomic E-state index is 0.0445. The van der Waals surface area contributed by atoms with Crippen LogP contribution in [0.3, 0.4) is 0 Å². The maximum Gasteiger partial charge on any atom is 0.220 e. The van der Waals surface area contributed by atoms with Gasteiger partial charge in [0.1, 0.15) is 6.33 Å². The second-order valence-corrected chi connectivity index (χ2v) is 5.34. The fourth-order valence-electron chi connectivity index (χ4n) is 1.70. The predicted molar refractivity (Wildman–Crippen MR) is 69.5 cm³/mol. The Bertz CT molecular complexity index is 386. The molecular formula is C12H23N5O. The SMILES string of the molecule is Cn1cnnc1CNC(=O)CCC(C)(C)CCN. The number of nitrogens with zero attached hydrogens (tertiary/aromatic N) is 3. The largest absolute Gasteiger partial charge is 0.349 e. The van der Waals surface area contributed by atoms with E-state index in [0.29, 0.717) is 19.5 Å². The molecule has 0 radical (unpaired) electrons. The van der Waals surface area contributed by atoms with Crippen LogP contribution < -0.4 is 11.1 Å². The molecule has 102 valence electrons. The molecule has 18 heavy (non-hydrogen) atoms. The first-order valence-corrected chi connectivity index (χ1v) is 6.24. The van der Waals surface area contributed by atoms with Gasteiger partial charge in [0, 0.05) is 13.5 Å². The standard InChI is InChI=1S/C12H23N5O/c1-12(2,6-7-13)5-4-11(18)14-8-10-16-15-9-17(10)3/h9H,4-8,13H2,1-3H3,(H,14,18). The van der Waals surface area contributed by atoms with Gasteiger partial charge in [0.25, 0.3) is 0 Å². The molecule has 0 fully saturated rings. The van der Waals surface area contributed by atoms with Crippen molar-refractivity contribution in [1.29, 1.82) is 0 Å². The van der Waals surface area contributed by atoms with Gasteiger partial charge in [-0.3, -0.25) is 4.79 Å². The maximum atomic E-state index is 11.7. The van der Waals surface area contributed by atoms with Gasteiger partial charge in [0.15, 0.2) is 5.82 Å². The van der Waals surface area contributed by atoms with Crippen LogP contribution >= 0.6 is 0 Å². The van der Waals surface area contributed by atoms with Crippen LogP contribution in [-0.2, 0) is 18.4 Å². The van der Waals surface area contributed by atoms with Gasteiger partial charge in [-0.05, 0) is 24.8 Å². The highest BCUT2D eigenvalue weighted by atomic mass is 16.1. The topological polar surface area (TPSA) is 85.8 Å². The summed E-state index contributed by atoms with van der Waals surface area (Å²) in [5, 5.41) is 10.5. The second kappa shape index (κ2) is 6.49. The molecule has 0 aliphatic rings. The van der Waals surface area contributed by atoms with Crippen molar-refractivity contribution in [2.45, 2.75) is 39.7 Å². The van der Waals surface area contributed by atoms with Crippen molar-refractivity contribution in [2.24, 2.45) is 18.2 Å². The molecule has 0 unspecified atom stereocenters. The first kappa shape index (κ1) is 14.6. The Labute approximate surface area is 108 Å². The molecule has 0 bridgehead atoms. The van der Waals surface area contributed by atoms with Crippen molar-refractivity contribution in [1.82, 2.24) is 20.1 Å². The lowest BCUT2D eigenvalue weighted by Crippen LogP contribution is -2.26. The van der Waals surface area contributed by atoms with Crippen LogP contribution in [0.1, 0.15) is 38.9 Å². The Morgan fingerprint density at radius 3 is 2.78 bits per heavy atom. The number of carbonyl (C=O) groups excluding carboxylic acids is 1. The fourth-order valence-corrected chi connectivity index (χ4v) is 1.70. The first-order valence-electron chi connectivity index (χ1n) is 6.24. The van der Waals surface area contributed by atoms with Crippen molar-refractivity contribution in [2.75, 3.05) is 6.54 Å². The van der Waals surface area contributed by atoms with Gasteiger partial charge >= 0.3 is 0 Å². The molecule has 0 atom stereocenters. The molecule has 6 nitrogen and oxygen atoms in total. The van der Waals surface area contributed by atoms with E-state index in [1.54, 1.807) is 10.9 Å². The number of amides is 1. The minimum Gasteiger partial charge on any atom is -0.349 e. The van der Waals surface area contributed by atoms with Crippen LogP contribution in [-0.4, -0.2) is 27.2 Å². The lowest BCUT2D eigenvalue weighted by Gasteiger charge is -2.23. The molecule has 0 aliphatic heterocycles. The number of rotatable bonds is 7. The zero-order valence-electron chi connectivity index (χ0n) is 11.4. The molecule has 0 aromatic carbocycles. The summed E-state index contributed by atoms with van der Waals surface area (Å²) >= 11 is 0. The van der Waals surface area contributed by atoms with E-state index in [-0.39, 0.29) is 11.3 Å². The molecule has 0 spiro atoms. The van der Waals surface area contributed by atoms with Gasteiger partial charge in [-0.25, -0.2) is 0 Å². The normalized spacial score (nSPS) is 11.6. The molecule has 0 saturated heterocycles. The smallest absolute Gasteiger partial charge is 0.220 e. The number of hydrogen-bond acceptors (Lipinski definition) is 4. The lowest BCUT2D eigenvalue weighted by atomic mass is 9.84. The van der Waals surface area contributed by atoms with Crippen LogP contribution in [0.4, 0.5) is 0 Å². The van der Waals surface area contributed by atoms with Crippen molar-refractivity contribution in [3.8, 4) is 0 Å². The van der Waals surface area contributed by atoms with Gasteiger partial charge in [-0.1, -0.05) is 13.8 Å². The number of hydrogen-bond donors (Lipinski definition) is 2. The monoisotopic (exact) mass is 253 g/mol. The first-order chi connectivity index (χ1) is 8.44. The molecule has 0 aliphatic carbocycles. The van der Waals surface area contributed by atoms with Gasteiger partial charge in [-0.2, -0.15) is 0 Å². The van der Waals surface area contributed by atoms with Gasteiger partial charge < -0.3 is 15.6 Å². The highest BCUT2D eigenvalue weighted by molar-refractivity contribution is 5.75. The molecule has 1 heterocycles. The Morgan fingerprint density at radius 2 is 2.22 bits per heavy atom. The molecule has 1 aromatic heterocycles. The van der Waals surface area contributed by atoms with Gasteiger partial charge in [-0.15, -0.1) is 10.2 Å². The summed E-state index contributed by atoms with van der Waals surface area (Å²) in [6, 6.07) is 0. The number of aryl methyl sites for hydroxylation is 1. The number of aromatic nitrogens is 3. The van der Waals surface area contributed by atoms with E-state index in [2.05, 4.69) is 29.4 Å². The average Bonchev–Trinajstić information content (AvgIpc) is 2.70. The van der Waals surface area contributed by atoms with Crippen LogP contribution in [0.25, 0.3) is 0 Å². The second-order valence-electron chi connectivity index (χ2n) is 5.34. The fraction of sp³-hybridized carbons (Fsp3) is 0.750. The lowest BCUT2D eigenvalue weighted by molar-refractivity contribution is -0.121. The molecule has 1 aromatic rings. The summed E-state index contributed by atoms with van der Waals surface area (Å²) in [4.78, 5) is 11.7. The summed E-state index contributed by atoms with van der Waals surface area (Å²) in [5.74, 6) is 0.799. The Hall–Kier alpha value is -1.43. The van der Waals surface area contributed by atoms with Crippen molar-refractivity contribution in [3.63, 3.8) is 0 Å². The van der Waals surface area contributed by atoms with Crippen LogP contribution in [0.5, 0.6) is 0 Å².